The second-order valence-corrected chi connectivity index (χ2v) is 6.57. The van der Waals surface area contributed by atoms with Gasteiger partial charge in [-0.2, -0.15) is 0 Å². The lowest BCUT2D eigenvalue weighted by Crippen LogP contribution is -2.49. The highest BCUT2D eigenvalue weighted by Gasteiger charge is 2.16. The van der Waals surface area contributed by atoms with Gasteiger partial charge in [-0.05, 0) is 20.8 Å². The fraction of sp³-hybridized carbons (Fsp3) is 0.800. The number of nitrogens with one attached hydrogen (secondary N) is 3. The lowest BCUT2D eigenvalue weighted by Gasteiger charge is -2.25. The van der Waals surface area contributed by atoms with Crippen LogP contribution >= 0.6 is 24.0 Å². The van der Waals surface area contributed by atoms with E-state index in [0.29, 0.717) is 19.0 Å². The van der Waals surface area contributed by atoms with E-state index in [4.69, 9.17) is 0 Å². The molecule has 0 aliphatic rings. The predicted molar refractivity (Wildman–Crippen MR) is 105 cm³/mol. The summed E-state index contributed by atoms with van der Waals surface area (Å²) in [6.07, 6.45) is 0. The molecule has 0 radical (unpaired) electrons. The quantitative estimate of drug-likeness (QED) is 0.246. The molecule has 136 valence electrons. The van der Waals surface area contributed by atoms with Crippen LogP contribution in [0.2, 0.25) is 0 Å². The Morgan fingerprint density at radius 3 is 2.09 bits per heavy atom. The molecule has 0 fully saturated rings. The monoisotopic (exact) mass is 441 g/mol. The molecular weight excluding hydrogens is 409 g/mol. The average Bonchev–Trinajstić information content (AvgIpc) is 2.35. The van der Waals surface area contributed by atoms with Crippen LogP contribution in [0.5, 0.6) is 0 Å². The standard InChI is InChI=1S/C15H31N5O2.HI/c1-11(2)13(22)17-8-9-18-14(16-6)20(7)10-12(21)19-15(3,4)5;/h11H,8-10H2,1-7H3,(H,16,18)(H,17,22)(H,19,21);1H. The Bertz CT molecular complexity index is 405. The highest BCUT2D eigenvalue weighted by molar-refractivity contribution is 14.0. The van der Waals surface area contributed by atoms with Crippen molar-refractivity contribution in [1.82, 2.24) is 20.9 Å². The highest BCUT2D eigenvalue weighted by atomic mass is 127. The second-order valence-electron chi connectivity index (χ2n) is 6.57. The van der Waals surface area contributed by atoms with Crippen molar-refractivity contribution in [2.75, 3.05) is 33.7 Å². The summed E-state index contributed by atoms with van der Waals surface area (Å²) in [4.78, 5) is 29.2. The summed E-state index contributed by atoms with van der Waals surface area (Å²) < 4.78 is 0. The number of carbonyl (C=O) groups is 2. The van der Waals surface area contributed by atoms with Crippen LogP contribution in [0.1, 0.15) is 34.6 Å². The number of rotatable bonds is 6. The van der Waals surface area contributed by atoms with Crippen molar-refractivity contribution in [2.24, 2.45) is 10.9 Å². The summed E-state index contributed by atoms with van der Waals surface area (Å²) in [6, 6.07) is 0. The van der Waals surface area contributed by atoms with E-state index >= 15 is 0 Å². The topological polar surface area (TPSA) is 85.8 Å². The van der Waals surface area contributed by atoms with Crippen molar-refractivity contribution in [3.8, 4) is 0 Å². The highest BCUT2D eigenvalue weighted by Crippen LogP contribution is 1.98. The van der Waals surface area contributed by atoms with Gasteiger partial charge in [-0.25, -0.2) is 0 Å². The van der Waals surface area contributed by atoms with E-state index in [2.05, 4.69) is 20.9 Å². The van der Waals surface area contributed by atoms with E-state index in [1.807, 2.05) is 34.6 Å². The molecule has 0 spiro atoms. The van der Waals surface area contributed by atoms with Gasteiger partial charge < -0.3 is 20.9 Å². The molecule has 2 amide bonds. The van der Waals surface area contributed by atoms with Gasteiger partial charge in [0.25, 0.3) is 0 Å². The zero-order valence-corrected chi connectivity index (χ0v) is 17.6. The van der Waals surface area contributed by atoms with Crippen molar-refractivity contribution >= 4 is 41.8 Å². The fourth-order valence-electron chi connectivity index (χ4n) is 1.70. The number of amides is 2. The van der Waals surface area contributed by atoms with Gasteiger partial charge in [-0.1, -0.05) is 13.8 Å². The second kappa shape index (κ2) is 11.5. The maximum Gasteiger partial charge on any atom is 0.240 e. The maximum atomic E-state index is 11.9. The normalized spacial score (nSPS) is 11.6. The molecule has 0 aliphatic heterocycles. The first kappa shape index (κ1) is 24.2. The van der Waals surface area contributed by atoms with Crippen molar-refractivity contribution in [3.05, 3.63) is 0 Å². The minimum atomic E-state index is -0.254. The molecule has 7 nitrogen and oxygen atoms in total. The summed E-state index contributed by atoms with van der Waals surface area (Å²) >= 11 is 0. The Balaban J connectivity index is 0. The number of aliphatic imine (C=N–C) groups is 1. The molecule has 0 saturated heterocycles. The lowest BCUT2D eigenvalue weighted by atomic mass is 10.1. The number of carbonyl (C=O) groups excluding carboxylic acids is 2. The Morgan fingerprint density at radius 2 is 1.65 bits per heavy atom. The summed E-state index contributed by atoms with van der Waals surface area (Å²) in [7, 11) is 3.46. The molecule has 0 unspecified atom stereocenters. The van der Waals surface area contributed by atoms with Gasteiger partial charge in [-0.3, -0.25) is 14.6 Å². The third kappa shape index (κ3) is 12.1. The van der Waals surface area contributed by atoms with Crippen LogP contribution in [-0.2, 0) is 9.59 Å². The maximum absolute atomic E-state index is 11.9. The van der Waals surface area contributed by atoms with Crippen LogP contribution < -0.4 is 16.0 Å². The number of likely N-dealkylation sites (N-methyl/N-ethyl adjacent to an activating group) is 1. The molecule has 0 heterocycles. The molecular formula is C15H32IN5O2. The molecule has 0 aromatic rings. The number of hydrogen-bond donors (Lipinski definition) is 3. The van der Waals surface area contributed by atoms with Gasteiger partial charge in [0.15, 0.2) is 5.96 Å². The van der Waals surface area contributed by atoms with Crippen LogP contribution in [0.15, 0.2) is 4.99 Å². The number of guanidine groups is 1. The molecule has 3 N–H and O–H groups in total. The van der Waals surface area contributed by atoms with Gasteiger partial charge in [0.05, 0.1) is 6.54 Å². The first-order valence-electron chi connectivity index (χ1n) is 7.57. The summed E-state index contributed by atoms with van der Waals surface area (Å²) in [5, 5.41) is 8.83. The van der Waals surface area contributed by atoms with Crippen molar-refractivity contribution in [2.45, 2.75) is 40.2 Å². The van der Waals surface area contributed by atoms with E-state index in [9.17, 15) is 9.59 Å². The Hall–Kier alpha value is -1.06. The molecule has 0 rings (SSSR count). The van der Waals surface area contributed by atoms with Gasteiger partial charge in [0.1, 0.15) is 0 Å². The summed E-state index contributed by atoms with van der Waals surface area (Å²) in [5.74, 6) is 0.548. The van der Waals surface area contributed by atoms with Crippen LogP contribution in [0.4, 0.5) is 0 Å². The molecule has 23 heavy (non-hydrogen) atoms. The van der Waals surface area contributed by atoms with E-state index < -0.39 is 0 Å². The van der Waals surface area contributed by atoms with Gasteiger partial charge >= 0.3 is 0 Å². The van der Waals surface area contributed by atoms with E-state index in [0.717, 1.165) is 0 Å². The number of hydrogen-bond acceptors (Lipinski definition) is 3. The molecule has 0 aromatic carbocycles. The number of halogens is 1. The third-order valence-corrected chi connectivity index (χ3v) is 2.70. The smallest absolute Gasteiger partial charge is 0.240 e. The van der Waals surface area contributed by atoms with Crippen molar-refractivity contribution < 1.29 is 9.59 Å². The van der Waals surface area contributed by atoms with Crippen molar-refractivity contribution in [3.63, 3.8) is 0 Å². The van der Waals surface area contributed by atoms with Gasteiger partial charge in [-0.15, -0.1) is 24.0 Å². The summed E-state index contributed by atoms with van der Waals surface area (Å²) in [6.45, 7) is 10.8. The molecule has 0 atom stereocenters. The van der Waals surface area contributed by atoms with Crippen LogP contribution in [0.25, 0.3) is 0 Å². The van der Waals surface area contributed by atoms with E-state index in [1.165, 1.54) is 0 Å². The largest absolute Gasteiger partial charge is 0.354 e. The molecule has 0 bridgehead atoms. The molecule has 0 aromatic heterocycles. The zero-order valence-electron chi connectivity index (χ0n) is 15.3. The van der Waals surface area contributed by atoms with Crippen LogP contribution in [0.3, 0.4) is 0 Å². The predicted octanol–water partition coefficient (Wildman–Crippen LogP) is 0.799. The number of nitrogens with zero attached hydrogens (tertiary/aromatic N) is 2. The van der Waals surface area contributed by atoms with E-state index in [1.54, 1.807) is 19.0 Å². The van der Waals surface area contributed by atoms with E-state index in [-0.39, 0.29) is 53.8 Å². The first-order valence-corrected chi connectivity index (χ1v) is 7.57. The Kier molecular flexibility index (Phi) is 12.1. The average molecular weight is 441 g/mol. The van der Waals surface area contributed by atoms with Crippen molar-refractivity contribution in [1.29, 1.82) is 0 Å². The Morgan fingerprint density at radius 1 is 1.13 bits per heavy atom. The Labute approximate surface area is 157 Å². The fourth-order valence-corrected chi connectivity index (χ4v) is 1.70. The van der Waals surface area contributed by atoms with Crippen LogP contribution in [0, 0.1) is 5.92 Å². The first-order chi connectivity index (χ1) is 10.1. The molecule has 0 saturated carbocycles. The van der Waals surface area contributed by atoms with Gasteiger partial charge in [0.2, 0.25) is 11.8 Å². The minimum absolute atomic E-state index is 0. The lowest BCUT2D eigenvalue weighted by molar-refractivity contribution is -0.124. The zero-order chi connectivity index (χ0) is 17.3. The SMILES string of the molecule is CN=C(NCCNC(=O)C(C)C)N(C)CC(=O)NC(C)(C)C.I. The summed E-state index contributed by atoms with van der Waals surface area (Å²) in [5.41, 5.74) is -0.254. The molecule has 0 aliphatic carbocycles. The van der Waals surface area contributed by atoms with Gasteiger partial charge in [0, 0.05) is 38.6 Å². The minimum Gasteiger partial charge on any atom is -0.354 e. The molecule has 8 heteroatoms. The third-order valence-electron chi connectivity index (χ3n) is 2.70. The van der Waals surface area contributed by atoms with Crippen LogP contribution in [-0.4, -0.2) is 61.9 Å².